The summed E-state index contributed by atoms with van der Waals surface area (Å²) >= 11 is 0. The van der Waals surface area contributed by atoms with Crippen molar-refractivity contribution >= 4 is 28.6 Å². The highest BCUT2D eigenvalue weighted by atomic mass is 19.4. The maximum atomic E-state index is 12.9. The quantitative estimate of drug-likeness (QED) is 0.316. The first-order valence-corrected chi connectivity index (χ1v) is 10.5. The summed E-state index contributed by atoms with van der Waals surface area (Å²) in [6.45, 7) is 0.519. The maximum Gasteiger partial charge on any atom is 0.416 e. The summed E-state index contributed by atoms with van der Waals surface area (Å²) in [5.74, 6) is 0.749. The lowest BCUT2D eigenvalue weighted by Gasteiger charge is -2.12. The number of anilines is 3. The Morgan fingerprint density at radius 2 is 1.47 bits per heavy atom. The van der Waals surface area contributed by atoms with Crippen molar-refractivity contribution in [1.29, 1.82) is 0 Å². The van der Waals surface area contributed by atoms with Gasteiger partial charge in [-0.25, -0.2) is 4.98 Å². The van der Waals surface area contributed by atoms with E-state index in [9.17, 15) is 13.2 Å². The molecular weight excluding hydrogens is 441 g/mol. The fraction of sp³-hybridized carbons (Fsp3) is 0.0800. The molecule has 0 aliphatic rings. The van der Waals surface area contributed by atoms with Crippen molar-refractivity contribution in [3.8, 4) is 5.69 Å². The number of rotatable bonds is 6. The van der Waals surface area contributed by atoms with Crippen LogP contribution < -0.4 is 10.6 Å². The summed E-state index contributed by atoms with van der Waals surface area (Å²) < 4.78 is 40.6. The molecule has 0 atom stereocenters. The Hall–Kier alpha value is -4.40. The van der Waals surface area contributed by atoms with Crippen LogP contribution in [0.5, 0.6) is 0 Å². The first-order chi connectivity index (χ1) is 16.5. The van der Waals surface area contributed by atoms with Crippen LogP contribution in [0.4, 0.5) is 30.6 Å². The molecule has 0 spiro atoms. The van der Waals surface area contributed by atoms with Gasteiger partial charge < -0.3 is 10.6 Å². The molecule has 5 aromatic rings. The zero-order valence-electron chi connectivity index (χ0n) is 17.8. The standard InChI is InChI=1S/C25H19F3N6/c26-25(27,28)18-11-13-19(14-12-18)31-24-32-22(29-15-17-7-3-1-4-8-17)21-23(33-24)34(16-30-21)20-9-5-2-6-10-20/h1-14,16H,15H2,(H2,29,31,32,33). The average Bonchev–Trinajstić information content (AvgIpc) is 3.28. The van der Waals surface area contributed by atoms with Gasteiger partial charge in [-0.15, -0.1) is 0 Å². The van der Waals surface area contributed by atoms with E-state index in [1.807, 2.05) is 65.2 Å². The Labute approximate surface area is 193 Å². The molecule has 170 valence electrons. The second-order valence-corrected chi connectivity index (χ2v) is 7.56. The predicted octanol–water partition coefficient (Wildman–Crippen LogP) is 6.19. The van der Waals surface area contributed by atoms with E-state index in [-0.39, 0.29) is 5.95 Å². The molecule has 0 unspecified atom stereocenters. The van der Waals surface area contributed by atoms with E-state index in [1.165, 1.54) is 12.1 Å². The Balaban J connectivity index is 1.52. The van der Waals surface area contributed by atoms with Crippen LogP contribution in [0.2, 0.25) is 0 Å². The first-order valence-electron chi connectivity index (χ1n) is 10.5. The number of aromatic nitrogens is 4. The van der Waals surface area contributed by atoms with Crippen molar-refractivity contribution in [1.82, 2.24) is 19.5 Å². The van der Waals surface area contributed by atoms with Crippen molar-refractivity contribution in [2.24, 2.45) is 0 Å². The molecule has 0 amide bonds. The Morgan fingerprint density at radius 3 is 2.15 bits per heavy atom. The average molecular weight is 460 g/mol. The van der Waals surface area contributed by atoms with Gasteiger partial charge in [0.15, 0.2) is 17.0 Å². The highest BCUT2D eigenvalue weighted by Gasteiger charge is 2.30. The van der Waals surface area contributed by atoms with E-state index in [0.717, 1.165) is 23.4 Å². The van der Waals surface area contributed by atoms with E-state index in [0.29, 0.717) is 29.2 Å². The number of nitrogens with one attached hydrogen (secondary N) is 2. The number of para-hydroxylation sites is 1. The molecule has 2 heterocycles. The van der Waals surface area contributed by atoms with Gasteiger partial charge in [0.2, 0.25) is 5.95 Å². The van der Waals surface area contributed by atoms with E-state index < -0.39 is 11.7 Å². The van der Waals surface area contributed by atoms with Gasteiger partial charge in [0.1, 0.15) is 6.33 Å². The van der Waals surface area contributed by atoms with Gasteiger partial charge in [-0.3, -0.25) is 4.57 Å². The summed E-state index contributed by atoms with van der Waals surface area (Å²) in [7, 11) is 0. The minimum atomic E-state index is -4.40. The second-order valence-electron chi connectivity index (χ2n) is 7.56. The van der Waals surface area contributed by atoms with Crippen LogP contribution in [0.15, 0.2) is 91.3 Å². The number of halogens is 3. The number of fused-ring (bicyclic) bond motifs is 1. The maximum absolute atomic E-state index is 12.9. The third-order valence-corrected chi connectivity index (χ3v) is 5.20. The SMILES string of the molecule is FC(F)(F)c1ccc(Nc2nc(NCc3ccccc3)c3ncn(-c4ccccc4)c3n2)cc1. The van der Waals surface area contributed by atoms with Crippen molar-refractivity contribution in [2.75, 3.05) is 10.6 Å². The lowest BCUT2D eigenvalue weighted by Crippen LogP contribution is -2.07. The van der Waals surface area contributed by atoms with Crippen LogP contribution in [-0.2, 0) is 12.7 Å². The molecule has 5 rings (SSSR count). The topological polar surface area (TPSA) is 67.7 Å². The number of hydrogen-bond donors (Lipinski definition) is 2. The molecule has 6 nitrogen and oxygen atoms in total. The summed E-state index contributed by atoms with van der Waals surface area (Å²) in [6.07, 6.45) is -2.73. The summed E-state index contributed by atoms with van der Waals surface area (Å²) in [4.78, 5) is 13.7. The van der Waals surface area contributed by atoms with Crippen LogP contribution in [0, 0.1) is 0 Å². The van der Waals surface area contributed by atoms with Gasteiger partial charge >= 0.3 is 6.18 Å². The second kappa shape index (κ2) is 8.86. The van der Waals surface area contributed by atoms with E-state index in [4.69, 9.17) is 0 Å². The normalized spacial score (nSPS) is 11.5. The lowest BCUT2D eigenvalue weighted by molar-refractivity contribution is -0.137. The Morgan fingerprint density at radius 1 is 0.794 bits per heavy atom. The largest absolute Gasteiger partial charge is 0.416 e. The third kappa shape index (κ3) is 4.54. The highest BCUT2D eigenvalue weighted by molar-refractivity contribution is 5.86. The Kier molecular flexibility index (Phi) is 5.59. The predicted molar refractivity (Wildman–Crippen MR) is 125 cm³/mol. The van der Waals surface area contributed by atoms with Crippen molar-refractivity contribution < 1.29 is 13.2 Å². The molecule has 2 aromatic heterocycles. The number of nitrogens with zero attached hydrogens (tertiary/aromatic N) is 4. The van der Waals surface area contributed by atoms with Crippen LogP contribution in [0.1, 0.15) is 11.1 Å². The molecule has 2 N–H and O–H groups in total. The van der Waals surface area contributed by atoms with Crippen LogP contribution in [0.3, 0.4) is 0 Å². The fourth-order valence-electron chi connectivity index (χ4n) is 3.51. The molecule has 0 aliphatic heterocycles. The van der Waals surface area contributed by atoms with Gasteiger partial charge in [-0.1, -0.05) is 48.5 Å². The van der Waals surface area contributed by atoms with Gasteiger partial charge in [0.25, 0.3) is 0 Å². The highest BCUT2D eigenvalue weighted by Crippen LogP contribution is 2.31. The summed E-state index contributed by atoms with van der Waals surface area (Å²) in [5.41, 5.74) is 2.80. The molecule has 3 aromatic carbocycles. The zero-order chi connectivity index (χ0) is 23.5. The van der Waals surface area contributed by atoms with E-state index in [2.05, 4.69) is 25.6 Å². The minimum absolute atomic E-state index is 0.237. The lowest BCUT2D eigenvalue weighted by atomic mass is 10.2. The van der Waals surface area contributed by atoms with Crippen LogP contribution in [-0.4, -0.2) is 19.5 Å². The van der Waals surface area contributed by atoms with Gasteiger partial charge in [-0.2, -0.15) is 23.1 Å². The molecule has 0 radical (unpaired) electrons. The monoisotopic (exact) mass is 460 g/mol. The fourth-order valence-corrected chi connectivity index (χ4v) is 3.51. The molecule has 0 aliphatic carbocycles. The molecule has 0 fully saturated rings. The smallest absolute Gasteiger partial charge is 0.364 e. The zero-order valence-corrected chi connectivity index (χ0v) is 17.8. The molecule has 0 saturated heterocycles. The summed E-state index contributed by atoms with van der Waals surface area (Å²) in [6, 6.07) is 24.2. The van der Waals surface area contributed by atoms with Crippen LogP contribution in [0.25, 0.3) is 16.9 Å². The molecule has 0 bridgehead atoms. The van der Waals surface area contributed by atoms with E-state index in [1.54, 1.807) is 6.33 Å². The van der Waals surface area contributed by atoms with Crippen LogP contribution >= 0.6 is 0 Å². The van der Waals surface area contributed by atoms with Gasteiger partial charge in [0, 0.05) is 17.9 Å². The first kappa shape index (κ1) is 21.4. The Bertz CT molecular complexity index is 1400. The number of hydrogen-bond acceptors (Lipinski definition) is 5. The third-order valence-electron chi connectivity index (χ3n) is 5.20. The molecule has 9 heteroatoms. The van der Waals surface area contributed by atoms with Crippen molar-refractivity contribution in [3.63, 3.8) is 0 Å². The molecule has 0 saturated carbocycles. The summed E-state index contributed by atoms with van der Waals surface area (Å²) in [5, 5.41) is 6.32. The number of alkyl halides is 3. The van der Waals surface area contributed by atoms with Crippen molar-refractivity contribution in [2.45, 2.75) is 12.7 Å². The molecular formula is C25H19F3N6. The van der Waals surface area contributed by atoms with Gasteiger partial charge in [0.05, 0.1) is 5.56 Å². The molecule has 34 heavy (non-hydrogen) atoms. The number of benzene rings is 3. The number of imidazole rings is 1. The van der Waals surface area contributed by atoms with Gasteiger partial charge in [-0.05, 0) is 42.0 Å². The minimum Gasteiger partial charge on any atom is -0.364 e. The van der Waals surface area contributed by atoms with Crippen molar-refractivity contribution in [3.05, 3.63) is 102 Å². The van der Waals surface area contributed by atoms with E-state index >= 15 is 0 Å².